The van der Waals surface area contributed by atoms with E-state index in [1.807, 2.05) is 28.9 Å². The topological polar surface area (TPSA) is 50.2 Å². The summed E-state index contributed by atoms with van der Waals surface area (Å²) >= 11 is 1.70. The maximum atomic E-state index is 12.5. The summed E-state index contributed by atoms with van der Waals surface area (Å²) in [7, 11) is 1.99. The quantitative estimate of drug-likeness (QED) is 0.931. The number of amides is 2. The lowest BCUT2D eigenvalue weighted by Crippen LogP contribution is -2.45. The highest BCUT2D eigenvalue weighted by Crippen LogP contribution is 2.28. The second-order valence-electron chi connectivity index (χ2n) is 6.07. The number of hydrogen-bond donors (Lipinski definition) is 1. The SMILES string of the molecule is CCC(NC(=O)N1CCC(c2ccnn2C)CC1)c1cccs1. The van der Waals surface area contributed by atoms with E-state index in [-0.39, 0.29) is 12.1 Å². The van der Waals surface area contributed by atoms with Crippen LogP contribution in [0, 0.1) is 0 Å². The van der Waals surface area contributed by atoms with Crippen molar-refractivity contribution in [3.05, 3.63) is 40.3 Å². The zero-order valence-corrected chi connectivity index (χ0v) is 14.6. The molecule has 0 radical (unpaired) electrons. The van der Waals surface area contributed by atoms with Crippen molar-refractivity contribution in [2.45, 2.75) is 38.1 Å². The van der Waals surface area contributed by atoms with Crippen LogP contribution in [0.4, 0.5) is 4.79 Å². The van der Waals surface area contributed by atoms with Crippen LogP contribution in [0.1, 0.15) is 48.7 Å². The van der Waals surface area contributed by atoms with E-state index < -0.39 is 0 Å². The fraction of sp³-hybridized carbons (Fsp3) is 0.529. The average molecular weight is 332 g/mol. The van der Waals surface area contributed by atoms with E-state index in [0.717, 1.165) is 32.4 Å². The van der Waals surface area contributed by atoms with E-state index in [4.69, 9.17) is 0 Å². The number of nitrogens with zero attached hydrogens (tertiary/aromatic N) is 3. The minimum Gasteiger partial charge on any atom is -0.330 e. The van der Waals surface area contributed by atoms with E-state index >= 15 is 0 Å². The van der Waals surface area contributed by atoms with Crippen molar-refractivity contribution in [2.75, 3.05) is 13.1 Å². The maximum absolute atomic E-state index is 12.5. The molecule has 2 aromatic rings. The molecule has 3 rings (SSSR count). The van der Waals surface area contributed by atoms with Crippen LogP contribution < -0.4 is 5.32 Å². The molecule has 1 aliphatic rings. The molecular weight excluding hydrogens is 308 g/mol. The van der Waals surface area contributed by atoms with Crippen molar-refractivity contribution < 1.29 is 4.79 Å². The van der Waals surface area contributed by atoms with Gasteiger partial charge in [-0.3, -0.25) is 4.68 Å². The third-order valence-corrected chi connectivity index (χ3v) is 5.64. The minimum absolute atomic E-state index is 0.0636. The van der Waals surface area contributed by atoms with Crippen molar-refractivity contribution in [3.8, 4) is 0 Å². The Morgan fingerprint density at radius 1 is 1.43 bits per heavy atom. The number of thiophene rings is 1. The van der Waals surface area contributed by atoms with Crippen LogP contribution in [0.2, 0.25) is 0 Å². The van der Waals surface area contributed by atoms with E-state index in [2.05, 4.69) is 34.9 Å². The van der Waals surface area contributed by atoms with Gasteiger partial charge in [0.15, 0.2) is 0 Å². The van der Waals surface area contributed by atoms with Gasteiger partial charge in [0.25, 0.3) is 0 Å². The number of aryl methyl sites for hydroxylation is 1. The molecule has 1 atom stereocenters. The first-order valence-electron chi connectivity index (χ1n) is 8.25. The lowest BCUT2D eigenvalue weighted by Gasteiger charge is -2.33. The maximum Gasteiger partial charge on any atom is 0.317 e. The van der Waals surface area contributed by atoms with Gasteiger partial charge in [0.2, 0.25) is 0 Å². The Balaban J connectivity index is 1.55. The number of hydrogen-bond acceptors (Lipinski definition) is 3. The highest BCUT2D eigenvalue weighted by atomic mass is 32.1. The molecule has 5 nitrogen and oxygen atoms in total. The third kappa shape index (κ3) is 3.58. The number of aromatic nitrogens is 2. The van der Waals surface area contributed by atoms with Gasteiger partial charge in [-0.2, -0.15) is 5.10 Å². The molecule has 0 spiro atoms. The molecule has 3 heterocycles. The number of urea groups is 1. The van der Waals surface area contributed by atoms with Crippen LogP contribution in [0.5, 0.6) is 0 Å². The Bertz CT molecular complexity index is 629. The van der Waals surface area contributed by atoms with Crippen molar-refractivity contribution in [1.82, 2.24) is 20.0 Å². The van der Waals surface area contributed by atoms with Crippen LogP contribution >= 0.6 is 11.3 Å². The van der Waals surface area contributed by atoms with Crippen molar-refractivity contribution >= 4 is 17.4 Å². The second kappa shape index (κ2) is 7.17. The van der Waals surface area contributed by atoms with Crippen LogP contribution in [-0.4, -0.2) is 33.8 Å². The summed E-state index contributed by atoms with van der Waals surface area (Å²) in [4.78, 5) is 15.7. The Morgan fingerprint density at radius 3 is 2.78 bits per heavy atom. The molecule has 6 heteroatoms. The van der Waals surface area contributed by atoms with Gasteiger partial charge < -0.3 is 10.2 Å². The normalized spacial score (nSPS) is 17.2. The predicted molar refractivity (Wildman–Crippen MR) is 92.6 cm³/mol. The minimum atomic E-state index is 0.0636. The van der Waals surface area contributed by atoms with Crippen LogP contribution in [0.3, 0.4) is 0 Å². The van der Waals surface area contributed by atoms with E-state index in [1.54, 1.807) is 11.3 Å². The summed E-state index contributed by atoms with van der Waals surface area (Å²) in [6, 6.07) is 6.40. The van der Waals surface area contributed by atoms with Crippen LogP contribution in [-0.2, 0) is 7.05 Å². The molecule has 0 aliphatic carbocycles. The van der Waals surface area contributed by atoms with Crippen LogP contribution in [0.25, 0.3) is 0 Å². The number of piperidine rings is 1. The van der Waals surface area contributed by atoms with E-state index in [0.29, 0.717) is 5.92 Å². The molecule has 1 saturated heterocycles. The molecule has 0 aromatic carbocycles. The number of likely N-dealkylation sites (tertiary alicyclic amines) is 1. The molecule has 23 heavy (non-hydrogen) atoms. The summed E-state index contributed by atoms with van der Waals surface area (Å²) in [6.07, 6.45) is 4.77. The van der Waals surface area contributed by atoms with Gasteiger partial charge in [0.1, 0.15) is 0 Å². The monoisotopic (exact) mass is 332 g/mol. The molecule has 1 unspecified atom stereocenters. The fourth-order valence-electron chi connectivity index (χ4n) is 3.27. The van der Waals surface area contributed by atoms with Crippen molar-refractivity contribution in [2.24, 2.45) is 7.05 Å². The largest absolute Gasteiger partial charge is 0.330 e. The van der Waals surface area contributed by atoms with Gasteiger partial charge in [-0.25, -0.2) is 4.79 Å². The van der Waals surface area contributed by atoms with Gasteiger partial charge in [-0.05, 0) is 36.8 Å². The Labute approximate surface area is 141 Å². The molecule has 2 aromatic heterocycles. The summed E-state index contributed by atoms with van der Waals surface area (Å²) in [5.74, 6) is 0.505. The predicted octanol–water partition coefficient (Wildman–Crippen LogP) is 3.52. The molecule has 1 fully saturated rings. The van der Waals surface area contributed by atoms with Crippen molar-refractivity contribution in [3.63, 3.8) is 0 Å². The smallest absolute Gasteiger partial charge is 0.317 e. The summed E-state index contributed by atoms with van der Waals surface area (Å²) < 4.78 is 1.95. The third-order valence-electron chi connectivity index (χ3n) is 4.65. The van der Waals surface area contributed by atoms with Gasteiger partial charge >= 0.3 is 6.03 Å². The standard InChI is InChI=1S/C17H24N4OS/c1-3-14(16-5-4-12-23-16)19-17(22)21-10-7-13(8-11-21)15-6-9-18-20(15)2/h4-6,9,12-14H,3,7-8,10-11H2,1-2H3,(H,19,22). The van der Waals surface area contributed by atoms with Gasteiger partial charge in [0.05, 0.1) is 6.04 Å². The first kappa shape index (κ1) is 16.1. The zero-order valence-electron chi connectivity index (χ0n) is 13.7. The summed E-state index contributed by atoms with van der Waals surface area (Å²) in [5.41, 5.74) is 1.27. The van der Waals surface area contributed by atoms with Gasteiger partial charge in [-0.15, -0.1) is 11.3 Å². The lowest BCUT2D eigenvalue weighted by atomic mass is 9.93. The first-order chi connectivity index (χ1) is 11.2. The number of carbonyl (C=O) groups is 1. The fourth-order valence-corrected chi connectivity index (χ4v) is 4.13. The highest BCUT2D eigenvalue weighted by molar-refractivity contribution is 7.10. The van der Waals surface area contributed by atoms with E-state index in [9.17, 15) is 4.79 Å². The molecule has 1 aliphatic heterocycles. The van der Waals surface area contributed by atoms with Gasteiger partial charge in [-0.1, -0.05) is 13.0 Å². The summed E-state index contributed by atoms with van der Waals surface area (Å²) in [5, 5.41) is 9.49. The average Bonchev–Trinajstić information content (AvgIpc) is 3.24. The summed E-state index contributed by atoms with van der Waals surface area (Å²) in [6.45, 7) is 3.73. The molecule has 124 valence electrons. The first-order valence-corrected chi connectivity index (χ1v) is 9.13. The zero-order chi connectivity index (χ0) is 16.2. The number of nitrogens with one attached hydrogen (secondary N) is 1. The molecule has 0 bridgehead atoms. The molecule has 2 amide bonds. The Kier molecular flexibility index (Phi) is 5.00. The molecule has 0 saturated carbocycles. The Hall–Kier alpha value is -1.82. The highest BCUT2D eigenvalue weighted by Gasteiger charge is 2.26. The van der Waals surface area contributed by atoms with Gasteiger partial charge in [0, 0.05) is 42.8 Å². The lowest BCUT2D eigenvalue weighted by molar-refractivity contribution is 0.176. The van der Waals surface area contributed by atoms with Crippen molar-refractivity contribution in [1.29, 1.82) is 0 Å². The Morgan fingerprint density at radius 2 is 2.22 bits per heavy atom. The second-order valence-corrected chi connectivity index (χ2v) is 7.05. The number of rotatable bonds is 4. The van der Waals surface area contributed by atoms with Crippen LogP contribution in [0.15, 0.2) is 29.8 Å². The van der Waals surface area contributed by atoms with E-state index in [1.165, 1.54) is 10.6 Å². The molecular formula is C17H24N4OS. The number of carbonyl (C=O) groups excluding carboxylic acids is 1. The molecule has 1 N–H and O–H groups in total.